The van der Waals surface area contributed by atoms with Gasteiger partial charge < -0.3 is 30.5 Å². The number of benzene rings is 2. The maximum Gasteiger partial charge on any atom is 0.113 e. The van der Waals surface area contributed by atoms with E-state index in [1.807, 2.05) is 12.1 Å². The lowest BCUT2D eigenvalue weighted by Crippen LogP contribution is -2.55. The van der Waals surface area contributed by atoms with Crippen LogP contribution in [0.3, 0.4) is 0 Å². The summed E-state index contributed by atoms with van der Waals surface area (Å²) in [6, 6.07) is 12.6. The van der Waals surface area contributed by atoms with Crippen molar-refractivity contribution in [2.75, 3.05) is 18.5 Å². The molecule has 0 aliphatic carbocycles. The number of ether oxygens (including phenoxy) is 1. The number of anilines is 1. The molecule has 2 heterocycles. The van der Waals surface area contributed by atoms with Crippen molar-refractivity contribution in [3.63, 3.8) is 0 Å². The van der Waals surface area contributed by atoms with Crippen LogP contribution in [-0.2, 0) is 17.6 Å². The molecule has 6 heteroatoms. The molecule has 5 N–H and O–H groups in total. The van der Waals surface area contributed by atoms with Gasteiger partial charge in [0, 0.05) is 12.2 Å². The fourth-order valence-corrected chi connectivity index (χ4v) is 4.75. The first-order chi connectivity index (χ1) is 14.9. The molecule has 168 valence electrons. The minimum Gasteiger partial charge on any atom is -0.394 e. The number of nitrogens with one attached hydrogen (secondary N) is 1. The van der Waals surface area contributed by atoms with E-state index < -0.39 is 37.1 Å². The van der Waals surface area contributed by atoms with Crippen molar-refractivity contribution in [1.29, 1.82) is 0 Å². The highest BCUT2D eigenvalue weighted by atomic mass is 16.5. The van der Waals surface area contributed by atoms with Gasteiger partial charge in [0.2, 0.25) is 0 Å². The van der Waals surface area contributed by atoms with Crippen LogP contribution in [0.25, 0.3) is 0 Å². The van der Waals surface area contributed by atoms with Crippen molar-refractivity contribution in [2.24, 2.45) is 0 Å². The van der Waals surface area contributed by atoms with Crippen molar-refractivity contribution >= 4 is 5.69 Å². The third kappa shape index (κ3) is 4.49. The Kier molecular flexibility index (Phi) is 6.65. The molecular weight excluding hydrogens is 394 g/mol. The molecule has 1 saturated heterocycles. The minimum atomic E-state index is -1.38. The van der Waals surface area contributed by atoms with Crippen LogP contribution in [0.1, 0.15) is 60.1 Å². The van der Waals surface area contributed by atoms with Gasteiger partial charge in [-0.2, -0.15) is 0 Å². The van der Waals surface area contributed by atoms with Gasteiger partial charge in [-0.15, -0.1) is 0 Å². The van der Waals surface area contributed by atoms with Crippen LogP contribution in [0, 0.1) is 0 Å². The number of rotatable bonds is 5. The van der Waals surface area contributed by atoms with E-state index in [9.17, 15) is 20.4 Å². The third-order valence-corrected chi connectivity index (χ3v) is 6.51. The quantitative estimate of drug-likeness (QED) is 0.502. The van der Waals surface area contributed by atoms with E-state index in [1.54, 1.807) is 0 Å². The summed E-state index contributed by atoms with van der Waals surface area (Å²) in [5.74, 6) is 0.332. The van der Waals surface area contributed by atoms with E-state index in [0.717, 1.165) is 36.9 Å². The number of hydrogen-bond donors (Lipinski definition) is 5. The molecule has 2 aliphatic heterocycles. The predicted molar refractivity (Wildman–Crippen MR) is 119 cm³/mol. The molecule has 0 bridgehead atoms. The fraction of sp³-hybridized carbons (Fsp3) is 0.520. The lowest BCUT2D eigenvalue weighted by atomic mass is 9.86. The first kappa shape index (κ1) is 22.2. The van der Waals surface area contributed by atoms with Crippen molar-refractivity contribution in [1.82, 2.24) is 0 Å². The van der Waals surface area contributed by atoms with Crippen LogP contribution in [-0.4, -0.2) is 58.0 Å². The first-order valence-corrected chi connectivity index (χ1v) is 11.2. The molecule has 4 rings (SSSR count). The summed E-state index contributed by atoms with van der Waals surface area (Å²) in [6.45, 7) is 4.90. The summed E-state index contributed by atoms with van der Waals surface area (Å²) in [5.41, 5.74) is 6.90. The Balaban J connectivity index is 1.65. The van der Waals surface area contributed by atoms with Gasteiger partial charge in [0.05, 0.1) is 6.61 Å². The Hall–Kier alpha value is -1.96. The number of fused-ring (bicyclic) bond motifs is 1. The Morgan fingerprint density at radius 2 is 1.84 bits per heavy atom. The molecule has 2 aromatic rings. The molecule has 6 nitrogen and oxygen atoms in total. The lowest BCUT2D eigenvalue weighted by Gasteiger charge is -2.40. The van der Waals surface area contributed by atoms with E-state index in [4.69, 9.17) is 4.74 Å². The van der Waals surface area contributed by atoms with Crippen LogP contribution in [0.15, 0.2) is 36.4 Å². The molecule has 31 heavy (non-hydrogen) atoms. The van der Waals surface area contributed by atoms with Crippen LogP contribution in [0.5, 0.6) is 0 Å². The zero-order valence-corrected chi connectivity index (χ0v) is 18.2. The van der Waals surface area contributed by atoms with Crippen LogP contribution in [0.2, 0.25) is 0 Å². The van der Waals surface area contributed by atoms with Gasteiger partial charge in [-0.1, -0.05) is 44.2 Å². The number of aliphatic hydroxyl groups is 4. The summed E-state index contributed by atoms with van der Waals surface area (Å²) in [5, 5.41) is 43.8. The van der Waals surface area contributed by atoms with Crippen molar-refractivity contribution in [2.45, 2.75) is 69.5 Å². The van der Waals surface area contributed by atoms with Gasteiger partial charge in [-0.05, 0) is 59.1 Å². The highest BCUT2D eigenvalue weighted by Gasteiger charge is 2.44. The van der Waals surface area contributed by atoms with E-state index in [-0.39, 0.29) is 0 Å². The largest absolute Gasteiger partial charge is 0.394 e. The van der Waals surface area contributed by atoms with Gasteiger partial charge >= 0.3 is 0 Å². The zero-order valence-electron chi connectivity index (χ0n) is 18.2. The van der Waals surface area contributed by atoms with E-state index in [0.29, 0.717) is 5.92 Å². The second-order valence-corrected chi connectivity index (χ2v) is 9.06. The SMILES string of the molecule is CC(C)c1ccc([C@@H]2O[C@H](CO)[C@@H](O)[C@H](O)[C@H]2O)cc1Cc1ccc2c(c1)CCCN2. The molecule has 2 aromatic carbocycles. The summed E-state index contributed by atoms with van der Waals surface area (Å²) in [6.07, 6.45) is -2.75. The average Bonchev–Trinajstić information content (AvgIpc) is 2.77. The summed E-state index contributed by atoms with van der Waals surface area (Å²) in [7, 11) is 0. The Labute approximate surface area is 183 Å². The second-order valence-electron chi connectivity index (χ2n) is 9.06. The fourth-order valence-electron chi connectivity index (χ4n) is 4.75. The molecule has 0 aromatic heterocycles. The third-order valence-electron chi connectivity index (χ3n) is 6.51. The number of aliphatic hydroxyl groups excluding tert-OH is 4. The van der Waals surface area contributed by atoms with Crippen LogP contribution >= 0.6 is 0 Å². The smallest absolute Gasteiger partial charge is 0.113 e. The molecule has 2 aliphatic rings. The Bertz CT molecular complexity index is 913. The monoisotopic (exact) mass is 427 g/mol. The highest BCUT2D eigenvalue weighted by Crippen LogP contribution is 2.35. The minimum absolute atomic E-state index is 0.332. The molecule has 0 amide bonds. The molecular formula is C25H33NO5. The van der Waals surface area contributed by atoms with Gasteiger partial charge in [-0.3, -0.25) is 0 Å². The normalized spacial score (nSPS) is 28.3. The van der Waals surface area contributed by atoms with E-state index in [1.165, 1.54) is 22.4 Å². The standard InChI is InChI=1S/C25H33NO5/c1-14(2)19-7-6-17(25-24(30)23(29)22(28)21(13-27)31-25)12-18(19)11-15-5-8-20-16(10-15)4-3-9-26-20/h5-8,10,12,14,21-30H,3-4,9,11,13H2,1-2H3/t21-,22-,23+,24-,25+/m1/s1. The molecule has 0 radical (unpaired) electrons. The van der Waals surface area contributed by atoms with Crippen LogP contribution in [0.4, 0.5) is 5.69 Å². The lowest BCUT2D eigenvalue weighted by molar-refractivity contribution is -0.231. The summed E-state index contributed by atoms with van der Waals surface area (Å²) in [4.78, 5) is 0. The van der Waals surface area contributed by atoms with Crippen LogP contribution < -0.4 is 5.32 Å². The number of aryl methyl sites for hydroxylation is 1. The van der Waals surface area contributed by atoms with Crippen molar-refractivity contribution < 1.29 is 25.2 Å². The Morgan fingerprint density at radius 1 is 1.03 bits per heavy atom. The topological polar surface area (TPSA) is 102 Å². The van der Waals surface area contributed by atoms with Gasteiger partial charge in [0.15, 0.2) is 0 Å². The van der Waals surface area contributed by atoms with Gasteiger partial charge in [0.1, 0.15) is 30.5 Å². The van der Waals surface area contributed by atoms with Crippen molar-refractivity contribution in [3.8, 4) is 0 Å². The molecule has 0 saturated carbocycles. The summed E-state index contributed by atoms with van der Waals surface area (Å²) < 4.78 is 5.78. The average molecular weight is 428 g/mol. The molecule has 1 fully saturated rings. The van der Waals surface area contributed by atoms with Gasteiger partial charge in [0.25, 0.3) is 0 Å². The highest BCUT2D eigenvalue weighted by molar-refractivity contribution is 5.55. The molecule has 0 unspecified atom stereocenters. The first-order valence-electron chi connectivity index (χ1n) is 11.2. The van der Waals surface area contributed by atoms with Gasteiger partial charge in [-0.25, -0.2) is 0 Å². The Morgan fingerprint density at radius 3 is 2.58 bits per heavy atom. The maximum absolute atomic E-state index is 10.5. The maximum atomic E-state index is 10.5. The molecule has 0 spiro atoms. The predicted octanol–water partition coefficient (Wildman–Crippen LogP) is 2.27. The second kappa shape index (κ2) is 9.27. The summed E-state index contributed by atoms with van der Waals surface area (Å²) >= 11 is 0. The van der Waals surface area contributed by atoms with E-state index in [2.05, 4.69) is 43.4 Å². The number of hydrogen-bond acceptors (Lipinski definition) is 6. The van der Waals surface area contributed by atoms with E-state index >= 15 is 0 Å². The molecule has 5 atom stereocenters. The van der Waals surface area contributed by atoms with Crippen molar-refractivity contribution in [3.05, 3.63) is 64.2 Å². The zero-order chi connectivity index (χ0) is 22.1.